The van der Waals surface area contributed by atoms with E-state index in [-0.39, 0.29) is 11.4 Å². The quantitative estimate of drug-likeness (QED) is 0.824. The highest BCUT2D eigenvalue weighted by Crippen LogP contribution is 2.36. The van der Waals surface area contributed by atoms with Crippen molar-refractivity contribution in [3.8, 4) is 0 Å². The first-order chi connectivity index (χ1) is 7.42. The fourth-order valence-corrected chi connectivity index (χ4v) is 2.41. The lowest BCUT2D eigenvalue weighted by Gasteiger charge is -2.20. The molecule has 0 aromatic carbocycles. The molecule has 0 bridgehead atoms. The highest BCUT2D eigenvalue weighted by molar-refractivity contribution is 7.14. The highest BCUT2D eigenvalue weighted by atomic mass is 32.1. The molecule has 0 fully saturated rings. The van der Waals surface area contributed by atoms with Gasteiger partial charge < -0.3 is 10.5 Å². The number of thiophene rings is 1. The number of nitrogen functional groups attached to an aromatic ring is 1. The minimum Gasteiger partial charge on any atom is -0.462 e. The average molecular weight is 241 g/mol. The summed E-state index contributed by atoms with van der Waals surface area (Å²) in [6, 6.07) is 1.89. The van der Waals surface area contributed by atoms with E-state index in [4.69, 9.17) is 10.5 Å². The fraction of sp³-hybridized carbons (Fsp3) is 0.583. The molecule has 2 N–H and O–H groups in total. The van der Waals surface area contributed by atoms with Crippen molar-refractivity contribution in [1.82, 2.24) is 0 Å². The monoisotopic (exact) mass is 241 g/mol. The van der Waals surface area contributed by atoms with E-state index in [1.165, 1.54) is 11.3 Å². The predicted octanol–water partition coefficient (Wildman–Crippen LogP) is 3.19. The van der Waals surface area contributed by atoms with Crippen molar-refractivity contribution in [3.05, 3.63) is 15.8 Å². The van der Waals surface area contributed by atoms with Crippen LogP contribution >= 0.6 is 11.3 Å². The maximum atomic E-state index is 11.6. The van der Waals surface area contributed by atoms with Gasteiger partial charge in [-0.1, -0.05) is 20.8 Å². The van der Waals surface area contributed by atoms with Gasteiger partial charge in [0.15, 0.2) is 0 Å². The van der Waals surface area contributed by atoms with Crippen molar-refractivity contribution in [2.24, 2.45) is 0 Å². The van der Waals surface area contributed by atoms with E-state index in [1.54, 1.807) is 6.92 Å². The molecule has 3 nitrogen and oxygen atoms in total. The van der Waals surface area contributed by atoms with Crippen molar-refractivity contribution in [3.63, 3.8) is 0 Å². The third-order valence-corrected chi connectivity index (χ3v) is 4.27. The first-order valence-electron chi connectivity index (χ1n) is 5.49. The number of carbonyl (C=O) groups is 1. The summed E-state index contributed by atoms with van der Waals surface area (Å²) in [5.74, 6) is -0.317. The van der Waals surface area contributed by atoms with Gasteiger partial charge in [0.2, 0.25) is 0 Å². The van der Waals surface area contributed by atoms with Crippen LogP contribution in [0.2, 0.25) is 0 Å². The van der Waals surface area contributed by atoms with Crippen LogP contribution in [-0.4, -0.2) is 12.6 Å². The van der Waals surface area contributed by atoms with Gasteiger partial charge in [0.05, 0.1) is 12.3 Å². The molecule has 0 amide bonds. The smallest absolute Gasteiger partial charge is 0.350 e. The van der Waals surface area contributed by atoms with E-state index in [9.17, 15) is 4.79 Å². The first kappa shape index (κ1) is 13.0. The van der Waals surface area contributed by atoms with Gasteiger partial charge in [0.1, 0.15) is 4.88 Å². The molecule has 1 heterocycles. The van der Waals surface area contributed by atoms with Gasteiger partial charge in [0, 0.05) is 4.88 Å². The summed E-state index contributed by atoms with van der Waals surface area (Å²) in [5, 5.41) is 0. The summed E-state index contributed by atoms with van der Waals surface area (Å²) < 4.78 is 4.96. The standard InChI is InChI=1S/C12H19NO2S/c1-5-12(3,4)9-7-8(13)10(16-9)11(14)15-6-2/h7H,5-6,13H2,1-4H3. The normalized spacial score (nSPS) is 11.5. The molecule has 0 spiro atoms. The molecule has 0 aliphatic rings. The molecule has 1 aromatic heterocycles. The summed E-state index contributed by atoms with van der Waals surface area (Å²) >= 11 is 1.44. The Bertz CT molecular complexity index is 382. The predicted molar refractivity (Wildman–Crippen MR) is 68.0 cm³/mol. The summed E-state index contributed by atoms with van der Waals surface area (Å²) in [7, 11) is 0. The largest absolute Gasteiger partial charge is 0.462 e. The molecule has 4 heteroatoms. The Kier molecular flexibility index (Phi) is 3.97. The van der Waals surface area contributed by atoms with Crippen molar-refractivity contribution < 1.29 is 9.53 Å². The molecule has 0 saturated carbocycles. The van der Waals surface area contributed by atoms with Crippen LogP contribution < -0.4 is 5.73 Å². The zero-order valence-corrected chi connectivity index (χ0v) is 11.1. The van der Waals surface area contributed by atoms with Gasteiger partial charge in [-0.3, -0.25) is 0 Å². The van der Waals surface area contributed by atoms with Gasteiger partial charge >= 0.3 is 5.97 Å². The highest BCUT2D eigenvalue weighted by Gasteiger charge is 2.24. The molecule has 0 aliphatic heterocycles. The molecule has 16 heavy (non-hydrogen) atoms. The maximum Gasteiger partial charge on any atom is 0.350 e. The Morgan fingerprint density at radius 1 is 1.50 bits per heavy atom. The molecule has 0 aliphatic carbocycles. The lowest BCUT2D eigenvalue weighted by atomic mass is 9.88. The van der Waals surface area contributed by atoms with Crippen molar-refractivity contribution in [2.75, 3.05) is 12.3 Å². The minimum atomic E-state index is -0.317. The van der Waals surface area contributed by atoms with Crippen molar-refractivity contribution in [2.45, 2.75) is 39.5 Å². The van der Waals surface area contributed by atoms with E-state index in [1.807, 2.05) is 6.07 Å². The van der Waals surface area contributed by atoms with Crippen LogP contribution in [0.15, 0.2) is 6.07 Å². The molecule has 0 saturated heterocycles. The Morgan fingerprint density at radius 3 is 2.62 bits per heavy atom. The number of nitrogens with two attached hydrogens (primary N) is 1. The van der Waals surface area contributed by atoms with Gasteiger partial charge in [-0.25, -0.2) is 4.79 Å². The van der Waals surface area contributed by atoms with E-state index >= 15 is 0 Å². The third-order valence-electron chi connectivity index (χ3n) is 2.77. The lowest BCUT2D eigenvalue weighted by molar-refractivity contribution is 0.0533. The zero-order chi connectivity index (χ0) is 12.3. The molecular weight excluding hydrogens is 222 g/mol. The Balaban J connectivity index is 3.03. The number of esters is 1. The molecule has 0 unspecified atom stereocenters. The SMILES string of the molecule is CCOC(=O)c1sc(C(C)(C)CC)cc1N. The number of hydrogen-bond acceptors (Lipinski definition) is 4. The first-order valence-corrected chi connectivity index (χ1v) is 6.31. The number of anilines is 1. The van der Waals surface area contributed by atoms with Crippen molar-refractivity contribution in [1.29, 1.82) is 0 Å². The molecule has 0 radical (unpaired) electrons. The minimum absolute atomic E-state index is 0.0591. The zero-order valence-electron chi connectivity index (χ0n) is 10.3. The van der Waals surface area contributed by atoms with Crippen LogP contribution in [0.5, 0.6) is 0 Å². The van der Waals surface area contributed by atoms with Crippen LogP contribution in [-0.2, 0) is 10.2 Å². The summed E-state index contributed by atoms with van der Waals surface area (Å²) in [5.41, 5.74) is 6.42. The Hall–Kier alpha value is -1.03. The van der Waals surface area contributed by atoms with Gasteiger partial charge in [-0.05, 0) is 24.8 Å². The van der Waals surface area contributed by atoms with Gasteiger partial charge in [-0.2, -0.15) is 0 Å². The Labute approximate surface area is 101 Å². The molecule has 1 aromatic rings. The lowest BCUT2D eigenvalue weighted by Crippen LogP contribution is -2.13. The second-order valence-electron chi connectivity index (χ2n) is 4.35. The van der Waals surface area contributed by atoms with E-state index in [2.05, 4.69) is 20.8 Å². The second-order valence-corrected chi connectivity index (χ2v) is 5.41. The second kappa shape index (κ2) is 4.87. The number of hydrogen-bond donors (Lipinski definition) is 1. The number of ether oxygens (including phenoxy) is 1. The topological polar surface area (TPSA) is 52.3 Å². The van der Waals surface area contributed by atoms with Gasteiger partial charge in [0.25, 0.3) is 0 Å². The van der Waals surface area contributed by atoms with Gasteiger partial charge in [-0.15, -0.1) is 11.3 Å². The van der Waals surface area contributed by atoms with Crippen LogP contribution in [0.3, 0.4) is 0 Å². The average Bonchev–Trinajstić information content (AvgIpc) is 2.61. The summed E-state index contributed by atoms with van der Waals surface area (Å²) in [4.78, 5) is 13.3. The molecular formula is C12H19NO2S. The van der Waals surface area contributed by atoms with E-state index in [0.717, 1.165) is 11.3 Å². The van der Waals surface area contributed by atoms with Crippen LogP contribution in [0.1, 0.15) is 48.7 Å². The van der Waals surface area contributed by atoms with E-state index < -0.39 is 0 Å². The molecule has 1 rings (SSSR count). The van der Waals surface area contributed by atoms with Crippen molar-refractivity contribution >= 4 is 23.0 Å². The molecule has 0 atom stereocenters. The third kappa shape index (κ3) is 2.55. The van der Waals surface area contributed by atoms with Crippen LogP contribution in [0.4, 0.5) is 5.69 Å². The maximum absolute atomic E-state index is 11.6. The van der Waals surface area contributed by atoms with E-state index in [0.29, 0.717) is 17.2 Å². The fourth-order valence-electron chi connectivity index (χ4n) is 1.27. The number of carbonyl (C=O) groups excluding carboxylic acids is 1. The van der Waals surface area contributed by atoms with Crippen LogP contribution in [0, 0.1) is 0 Å². The van der Waals surface area contributed by atoms with Crippen LogP contribution in [0.25, 0.3) is 0 Å². The Morgan fingerprint density at radius 2 is 2.12 bits per heavy atom. The summed E-state index contributed by atoms with van der Waals surface area (Å²) in [6.07, 6.45) is 1.01. The summed E-state index contributed by atoms with van der Waals surface area (Å²) in [6.45, 7) is 8.58. The number of rotatable bonds is 4. The molecule has 90 valence electrons.